The Morgan fingerprint density at radius 3 is 2.56 bits per heavy atom. The average molecular weight is 478 g/mol. The number of primary sulfonamides is 1. The monoisotopic (exact) mass is 477 g/mol. The predicted octanol–water partition coefficient (Wildman–Crippen LogP) is 2.63. The van der Waals surface area contributed by atoms with Gasteiger partial charge in [0.05, 0.1) is 10.4 Å². The second kappa shape index (κ2) is 9.81. The summed E-state index contributed by atoms with van der Waals surface area (Å²) in [5.74, 6) is 0.969. The van der Waals surface area contributed by atoms with Gasteiger partial charge in [0.2, 0.25) is 21.9 Å². The van der Waals surface area contributed by atoms with E-state index in [1.165, 1.54) is 19.1 Å². The summed E-state index contributed by atoms with van der Waals surface area (Å²) in [5.41, 5.74) is 3.19. The number of carbonyl (C=O) groups is 1. The summed E-state index contributed by atoms with van der Waals surface area (Å²) in [6.45, 7) is 2.52. The minimum absolute atomic E-state index is 0.0268. The lowest BCUT2D eigenvalue weighted by Crippen LogP contribution is -2.26. The zero-order chi connectivity index (χ0) is 24.1. The van der Waals surface area contributed by atoms with Gasteiger partial charge in [0.1, 0.15) is 5.82 Å². The Morgan fingerprint density at radius 2 is 1.82 bits per heavy atom. The normalized spacial score (nSPS) is 11.2. The molecule has 0 aliphatic heterocycles. The maximum absolute atomic E-state index is 11.5. The maximum atomic E-state index is 11.5. The van der Waals surface area contributed by atoms with Gasteiger partial charge in [-0.15, -0.1) is 0 Å². The Kier molecular flexibility index (Phi) is 6.66. The highest BCUT2D eigenvalue weighted by molar-refractivity contribution is 7.89. The van der Waals surface area contributed by atoms with Gasteiger partial charge in [0.25, 0.3) is 0 Å². The fourth-order valence-electron chi connectivity index (χ4n) is 3.33. The van der Waals surface area contributed by atoms with Crippen molar-refractivity contribution in [3.8, 4) is 11.1 Å². The van der Waals surface area contributed by atoms with Gasteiger partial charge < -0.3 is 16.0 Å². The molecule has 0 radical (unpaired) electrons. The van der Waals surface area contributed by atoms with E-state index >= 15 is 0 Å². The van der Waals surface area contributed by atoms with Crippen molar-refractivity contribution in [1.29, 1.82) is 0 Å². The Hall–Kier alpha value is -4.09. The molecule has 0 atom stereocenters. The zero-order valence-electron chi connectivity index (χ0n) is 18.3. The van der Waals surface area contributed by atoms with Crippen LogP contribution in [-0.2, 0) is 14.8 Å². The molecule has 4 rings (SSSR count). The molecule has 0 fully saturated rings. The number of fused-ring (bicyclic) bond motifs is 1. The molecule has 34 heavy (non-hydrogen) atoms. The van der Waals surface area contributed by atoms with Gasteiger partial charge >= 0.3 is 0 Å². The molecule has 5 N–H and O–H groups in total. The van der Waals surface area contributed by atoms with Gasteiger partial charge in [0.15, 0.2) is 0 Å². The summed E-state index contributed by atoms with van der Waals surface area (Å²) in [6.07, 6.45) is 3.43. The molecule has 1 amide bonds. The first-order valence-electron chi connectivity index (χ1n) is 10.4. The molecule has 0 aliphatic rings. The van der Waals surface area contributed by atoms with Crippen molar-refractivity contribution in [2.24, 2.45) is 5.14 Å². The van der Waals surface area contributed by atoms with Crippen LogP contribution in [0.2, 0.25) is 0 Å². The Morgan fingerprint density at radius 1 is 1.03 bits per heavy atom. The third-order valence-corrected chi connectivity index (χ3v) is 5.86. The number of sulfonamides is 1. The van der Waals surface area contributed by atoms with Crippen molar-refractivity contribution in [2.75, 3.05) is 23.7 Å². The Bertz CT molecular complexity index is 1440. The van der Waals surface area contributed by atoms with Crippen molar-refractivity contribution in [3.63, 3.8) is 0 Å². The third kappa shape index (κ3) is 5.63. The number of nitrogens with zero attached hydrogens (tertiary/aromatic N) is 3. The van der Waals surface area contributed by atoms with Crippen LogP contribution in [0.4, 0.5) is 17.5 Å². The molecule has 0 unspecified atom stereocenters. The smallest absolute Gasteiger partial charge is 0.238 e. The van der Waals surface area contributed by atoms with Gasteiger partial charge in [-0.3, -0.25) is 4.79 Å². The first-order chi connectivity index (χ1) is 16.3. The lowest BCUT2D eigenvalue weighted by Gasteiger charge is -2.11. The lowest BCUT2D eigenvalue weighted by atomic mass is 10.0. The fourth-order valence-corrected chi connectivity index (χ4v) is 3.85. The minimum atomic E-state index is -3.76. The number of nitrogens with one attached hydrogen (secondary N) is 3. The molecule has 2 aromatic heterocycles. The quantitative estimate of drug-likeness (QED) is 0.283. The van der Waals surface area contributed by atoms with Crippen LogP contribution in [0.1, 0.15) is 6.92 Å². The second-order valence-corrected chi connectivity index (χ2v) is 9.03. The van der Waals surface area contributed by atoms with E-state index in [9.17, 15) is 13.2 Å². The molecule has 0 spiro atoms. The topological polar surface area (TPSA) is 152 Å². The van der Waals surface area contributed by atoms with E-state index in [1.54, 1.807) is 24.5 Å². The van der Waals surface area contributed by atoms with Gasteiger partial charge in [-0.25, -0.2) is 28.5 Å². The van der Waals surface area contributed by atoms with E-state index in [-0.39, 0.29) is 10.8 Å². The summed E-state index contributed by atoms with van der Waals surface area (Å²) in [5, 5.41) is 15.0. The largest absolute Gasteiger partial charge is 0.368 e. The highest BCUT2D eigenvalue weighted by atomic mass is 32.2. The number of carbonyl (C=O) groups excluding carboxylic acids is 1. The molecule has 2 heterocycles. The van der Waals surface area contributed by atoms with Crippen LogP contribution < -0.4 is 21.1 Å². The van der Waals surface area contributed by atoms with Crippen LogP contribution in [0.25, 0.3) is 22.0 Å². The standard InChI is InChI=1S/C23H23N7O3S/c1-15(31)25-11-12-27-21-13-16(9-10-26-21)20-4-2-3-17-14-28-23(30-22(17)20)29-18-5-7-19(8-6-18)34(24,32)33/h2-10,13-14H,11-12H2,1H3,(H,25,31)(H,26,27)(H2,24,32,33)(H,28,29,30). The molecule has 0 saturated heterocycles. The van der Waals surface area contributed by atoms with Crippen LogP contribution in [-0.4, -0.2) is 42.4 Å². The van der Waals surface area contributed by atoms with Gasteiger partial charge in [0, 0.05) is 49.0 Å². The molecule has 0 bridgehead atoms. The van der Waals surface area contributed by atoms with Crippen LogP contribution in [0, 0.1) is 0 Å². The molecule has 174 valence electrons. The zero-order valence-corrected chi connectivity index (χ0v) is 19.1. The summed E-state index contributed by atoms with van der Waals surface area (Å²) in [4.78, 5) is 24.4. The number of hydrogen-bond donors (Lipinski definition) is 4. The van der Waals surface area contributed by atoms with Crippen molar-refractivity contribution in [2.45, 2.75) is 11.8 Å². The molecular weight excluding hydrogens is 454 g/mol. The highest BCUT2D eigenvalue weighted by Crippen LogP contribution is 2.29. The van der Waals surface area contributed by atoms with E-state index in [0.29, 0.717) is 30.5 Å². The Labute approximate surface area is 196 Å². The molecule has 2 aromatic carbocycles. The van der Waals surface area contributed by atoms with Crippen molar-refractivity contribution in [1.82, 2.24) is 20.3 Å². The van der Waals surface area contributed by atoms with E-state index in [0.717, 1.165) is 22.0 Å². The first kappa shape index (κ1) is 23.1. The van der Waals surface area contributed by atoms with Gasteiger partial charge in [-0.05, 0) is 42.0 Å². The van der Waals surface area contributed by atoms with Crippen molar-refractivity contribution >= 4 is 44.3 Å². The number of benzene rings is 2. The van der Waals surface area contributed by atoms with E-state index in [2.05, 4.69) is 30.9 Å². The van der Waals surface area contributed by atoms with Crippen LogP contribution in [0.15, 0.2) is 71.9 Å². The van der Waals surface area contributed by atoms with E-state index in [1.807, 2.05) is 30.3 Å². The second-order valence-electron chi connectivity index (χ2n) is 7.47. The van der Waals surface area contributed by atoms with Gasteiger partial charge in [-0.1, -0.05) is 18.2 Å². The number of nitrogens with two attached hydrogens (primary N) is 1. The summed E-state index contributed by atoms with van der Waals surface area (Å²) in [7, 11) is -3.76. The summed E-state index contributed by atoms with van der Waals surface area (Å²) >= 11 is 0. The van der Waals surface area contributed by atoms with Crippen molar-refractivity contribution < 1.29 is 13.2 Å². The molecule has 10 nitrogen and oxygen atoms in total. The molecule has 0 aliphatic carbocycles. The molecule has 4 aromatic rings. The summed E-state index contributed by atoms with van der Waals surface area (Å²) in [6, 6.07) is 15.7. The number of amides is 1. The average Bonchev–Trinajstić information content (AvgIpc) is 2.81. The number of pyridine rings is 1. The van der Waals surface area contributed by atoms with E-state index < -0.39 is 10.0 Å². The number of aromatic nitrogens is 3. The number of rotatable bonds is 8. The number of para-hydroxylation sites is 1. The third-order valence-electron chi connectivity index (χ3n) is 4.93. The Balaban J connectivity index is 1.59. The first-order valence-corrected chi connectivity index (χ1v) is 11.9. The van der Waals surface area contributed by atoms with Gasteiger partial charge in [-0.2, -0.15) is 0 Å². The van der Waals surface area contributed by atoms with Crippen molar-refractivity contribution in [3.05, 3.63) is 67.0 Å². The van der Waals surface area contributed by atoms with Crippen LogP contribution >= 0.6 is 0 Å². The summed E-state index contributed by atoms with van der Waals surface area (Å²) < 4.78 is 22.9. The highest BCUT2D eigenvalue weighted by Gasteiger charge is 2.10. The lowest BCUT2D eigenvalue weighted by molar-refractivity contribution is -0.118. The number of hydrogen-bond acceptors (Lipinski definition) is 8. The molecule has 11 heteroatoms. The van der Waals surface area contributed by atoms with Crippen LogP contribution in [0.5, 0.6) is 0 Å². The SMILES string of the molecule is CC(=O)NCCNc1cc(-c2cccc3cnc(Nc4ccc(S(N)(=O)=O)cc4)nc23)ccn1. The van der Waals surface area contributed by atoms with Crippen LogP contribution in [0.3, 0.4) is 0 Å². The fraction of sp³-hybridized carbons (Fsp3) is 0.130. The maximum Gasteiger partial charge on any atom is 0.238 e. The predicted molar refractivity (Wildman–Crippen MR) is 131 cm³/mol. The number of anilines is 3. The minimum Gasteiger partial charge on any atom is -0.368 e. The molecule has 0 saturated carbocycles. The molecular formula is C23H23N7O3S. The van der Waals surface area contributed by atoms with E-state index in [4.69, 9.17) is 5.14 Å².